The first-order valence-corrected chi connectivity index (χ1v) is 17.0. The fourth-order valence-corrected chi connectivity index (χ4v) is 7.61. The lowest BCUT2D eigenvalue weighted by Crippen LogP contribution is -2.28. The van der Waals surface area contributed by atoms with Gasteiger partial charge in [-0.1, -0.05) is 164 Å². The van der Waals surface area contributed by atoms with E-state index in [2.05, 4.69) is 121 Å². The fourth-order valence-electron chi connectivity index (χ4n) is 7.61. The molecule has 0 saturated carbocycles. The summed E-state index contributed by atoms with van der Waals surface area (Å²) in [6.45, 7) is 0. The number of nitrogens with zero attached hydrogens (tertiary/aromatic N) is 4. The first-order valence-electron chi connectivity index (χ1n) is 17.0. The Morgan fingerprint density at radius 1 is 0.392 bits per heavy atom. The van der Waals surface area contributed by atoms with E-state index in [1.165, 1.54) is 5.56 Å². The molecule has 1 aliphatic rings. The van der Waals surface area contributed by atoms with Gasteiger partial charge in [-0.2, -0.15) is 5.26 Å². The van der Waals surface area contributed by atoms with Gasteiger partial charge in [0.25, 0.3) is 0 Å². The molecule has 0 N–H and O–H groups in total. The molecular formula is C47H30N4. The number of benzene rings is 7. The van der Waals surface area contributed by atoms with Gasteiger partial charge < -0.3 is 0 Å². The highest BCUT2D eigenvalue weighted by molar-refractivity contribution is 5.96. The second-order valence-corrected chi connectivity index (χ2v) is 12.7. The molecule has 0 atom stereocenters. The lowest BCUT2D eigenvalue weighted by atomic mass is 9.67. The first-order chi connectivity index (χ1) is 25.2. The van der Waals surface area contributed by atoms with Gasteiger partial charge in [0.2, 0.25) is 0 Å². The number of hydrogen-bond acceptors (Lipinski definition) is 4. The maximum absolute atomic E-state index is 10.1. The third-order valence-corrected chi connectivity index (χ3v) is 9.84. The molecule has 0 fully saturated rings. The van der Waals surface area contributed by atoms with Gasteiger partial charge in [0.05, 0.1) is 17.0 Å². The predicted molar refractivity (Wildman–Crippen MR) is 204 cm³/mol. The second-order valence-electron chi connectivity index (χ2n) is 12.7. The lowest BCUT2D eigenvalue weighted by Gasteiger charge is -2.34. The minimum absolute atomic E-state index is 0.610. The largest absolute Gasteiger partial charge is 0.208 e. The zero-order valence-electron chi connectivity index (χ0n) is 27.6. The van der Waals surface area contributed by atoms with E-state index in [1.54, 1.807) is 0 Å². The highest BCUT2D eigenvalue weighted by Gasteiger charge is 2.47. The summed E-state index contributed by atoms with van der Waals surface area (Å²) >= 11 is 0. The molecule has 0 unspecified atom stereocenters. The minimum atomic E-state index is -0.614. The van der Waals surface area contributed by atoms with Crippen molar-refractivity contribution >= 4 is 0 Å². The summed E-state index contributed by atoms with van der Waals surface area (Å²) in [5, 5.41) is 10.1. The van der Waals surface area contributed by atoms with Crippen molar-refractivity contribution in [3.05, 3.63) is 210 Å². The summed E-state index contributed by atoms with van der Waals surface area (Å²) in [5.41, 5.74) is 11.8. The van der Waals surface area contributed by atoms with Crippen molar-refractivity contribution in [2.45, 2.75) is 5.41 Å². The first kappa shape index (κ1) is 30.1. The van der Waals surface area contributed by atoms with Crippen molar-refractivity contribution in [2.24, 2.45) is 0 Å². The van der Waals surface area contributed by atoms with Crippen molar-refractivity contribution in [1.29, 1.82) is 5.26 Å². The normalized spacial score (nSPS) is 12.5. The monoisotopic (exact) mass is 650 g/mol. The molecule has 1 aromatic heterocycles. The van der Waals surface area contributed by atoms with Crippen LogP contribution in [0.3, 0.4) is 0 Å². The molecule has 7 aromatic carbocycles. The Balaban J connectivity index is 1.27. The zero-order chi connectivity index (χ0) is 34.2. The maximum atomic E-state index is 10.1. The van der Waals surface area contributed by atoms with Crippen LogP contribution in [0.1, 0.15) is 27.8 Å². The third-order valence-electron chi connectivity index (χ3n) is 9.84. The molecule has 1 heterocycles. The summed E-state index contributed by atoms with van der Waals surface area (Å²) in [6, 6.07) is 65.0. The molecule has 0 spiro atoms. The van der Waals surface area contributed by atoms with Gasteiger partial charge >= 0.3 is 0 Å². The molecular weight excluding hydrogens is 621 g/mol. The van der Waals surface area contributed by atoms with Gasteiger partial charge in [-0.05, 0) is 62.7 Å². The summed E-state index contributed by atoms with van der Waals surface area (Å²) in [6.07, 6.45) is 0. The van der Waals surface area contributed by atoms with E-state index in [0.717, 1.165) is 55.6 Å². The van der Waals surface area contributed by atoms with Crippen molar-refractivity contribution < 1.29 is 0 Å². The Hall–Kier alpha value is -6.96. The van der Waals surface area contributed by atoms with Crippen molar-refractivity contribution in [2.75, 3.05) is 0 Å². The highest BCUT2D eigenvalue weighted by Crippen LogP contribution is 2.58. The molecule has 9 rings (SSSR count). The van der Waals surface area contributed by atoms with Crippen LogP contribution in [0.4, 0.5) is 0 Å². The Labute approximate surface area is 297 Å². The summed E-state index contributed by atoms with van der Waals surface area (Å²) in [4.78, 5) is 14.9. The maximum Gasteiger partial charge on any atom is 0.164 e. The predicted octanol–water partition coefficient (Wildman–Crippen LogP) is 10.8. The average molecular weight is 651 g/mol. The molecule has 238 valence electrons. The van der Waals surface area contributed by atoms with Gasteiger partial charge in [-0.3, -0.25) is 0 Å². The number of nitriles is 1. The number of rotatable bonds is 6. The van der Waals surface area contributed by atoms with E-state index in [1.807, 2.05) is 66.7 Å². The second kappa shape index (κ2) is 12.5. The number of hydrogen-bond donors (Lipinski definition) is 0. The minimum Gasteiger partial charge on any atom is -0.208 e. The van der Waals surface area contributed by atoms with Gasteiger partial charge in [0, 0.05) is 16.7 Å². The Kier molecular flexibility index (Phi) is 7.38. The fraction of sp³-hybridized carbons (Fsp3) is 0.0213. The van der Waals surface area contributed by atoms with Crippen LogP contribution in [0.5, 0.6) is 0 Å². The van der Waals surface area contributed by atoms with Crippen LogP contribution in [0.2, 0.25) is 0 Å². The SMILES string of the molecule is N#Cc1ccc2c(c1)C(c1ccccc1)(c1ccccc1)c1cccc(-c3cccc(-c4nc(-c5ccccc5)nc(-c5ccccc5)n4)c3)c1-2. The van der Waals surface area contributed by atoms with Gasteiger partial charge in [-0.15, -0.1) is 0 Å². The lowest BCUT2D eigenvalue weighted by molar-refractivity contribution is 0.768. The van der Waals surface area contributed by atoms with E-state index >= 15 is 0 Å². The molecule has 0 saturated heterocycles. The highest BCUT2D eigenvalue weighted by atomic mass is 15.0. The molecule has 1 aliphatic carbocycles. The van der Waals surface area contributed by atoms with Crippen molar-refractivity contribution in [1.82, 2.24) is 15.0 Å². The molecule has 51 heavy (non-hydrogen) atoms. The van der Waals surface area contributed by atoms with E-state index in [0.29, 0.717) is 23.0 Å². The molecule has 0 radical (unpaired) electrons. The van der Waals surface area contributed by atoms with Gasteiger partial charge in [0.1, 0.15) is 0 Å². The van der Waals surface area contributed by atoms with E-state index in [-0.39, 0.29) is 0 Å². The van der Waals surface area contributed by atoms with Crippen LogP contribution in [0, 0.1) is 11.3 Å². The van der Waals surface area contributed by atoms with E-state index < -0.39 is 5.41 Å². The van der Waals surface area contributed by atoms with Crippen molar-refractivity contribution in [3.63, 3.8) is 0 Å². The van der Waals surface area contributed by atoms with Crippen molar-refractivity contribution in [3.8, 4) is 62.5 Å². The molecule has 4 nitrogen and oxygen atoms in total. The summed E-state index contributed by atoms with van der Waals surface area (Å²) < 4.78 is 0. The quantitative estimate of drug-likeness (QED) is 0.180. The van der Waals surface area contributed by atoms with Crippen LogP contribution in [-0.2, 0) is 5.41 Å². The van der Waals surface area contributed by atoms with Crippen LogP contribution in [-0.4, -0.2) is 15.0 Å². The third kappa shape index (κ3) is 5.03. The van der Waals surface area contributed by atoms with Crippen LogP contribution in [0.15, 0.2) is 182 Å². The Bertz CT molecular complexity index is 2480. The smallest absolute Gasteiger partial charge is 0.164 e. The molecule has 0 aliphatic heterocycles. The van der Waals surface area contributed by atoms with Gasteiger partial charge in [-0.25, -0.2) is 15.0 Å². The molecule has 4 heteroatoms. The van der Waals surface area contributed by atoms with E-state index in [9.17, 15) is 5.26 Å². The van der Waals surface area contributed by atoms with Crippen LogP contribution >= 0.6 is 0 Å². The summed E-state index contributed by atoms with van der Waals surface area (Å²) in [5.74, 6) is 1.87. The summed E-state index contributed by atoms with van der Waals surface area (Å²) in [7, 11) is 0. The van der Waals surface area contributed by atoms with Crippen LogP contribution in [0.25, 0.3) is 56.4 Å². The Morgan fingerprint density at radius 3 is 1.45 bits per heavy atom. The Morgan fingerprint density at radius 2 is 0.882 bits per heavy atom. The number of fused-ring (bicyclic) bond motifs is 3. The zero-order valence-corrected chi connectivity index (χ0v) is 27.6. The average Bonchev–Trinajstić information content (AvgIpc) is 3.52. The molecule has 8 aromatic rings. The molecule has 0 bridgehead atoms. The topological polar surface area (TPSA) is 62.5 Å². The van der Waals surface area contributed by atoms with Gasteiger partial charge in [0.15, 0.2) is 17.5 Å². The van der Waals surface area contributed by atoms with Crippen LogP contribution < -0.4 is 0 Å². The standard InChI is InChI=1S/C47H30N4/c48-31-32-27-28-40-42(29-32)47(37-21-9-3-10-22-37,38-23-11-4-12-24-38)41-26-14-25-39(43(40)41)35-19-13-20-36(30-35)46-50-44(33-15-5-1-6-16-33)49-45(51-46)34-17-7-2-8-18-34/h1-30H. The number of aromatic nitrogens is 3. The molecule has 0 amide bonds. The van der Waals surface area contributed by atoms with E-state index in [4.69, 9.17) is 15.0 Å².